The Morgan fingerprint density at radius 2 is 1.50 bits per heavy atom. The van der Waals surface area contributed by atoms with Crippen molar-refractivity contribution in [2.45, 2.75) is 71.1 Å². The number of unbranched alkanes of at least 4 members (excludes halogenated alkanes) is 8. The molecule has 0 aliphatic heterocycles. The van der Waals surface area contributed by atoms with E-state index in [-0.39, 0.29) is 0 Å². The molecule has 0 unspecified atom stereocenters. The van der Waals surface area contributed by atoms with Crippen molar-refractivity contribution in [1.29, 1.82) is 0 Å². The number of aromatic nitrogens is 2. The molecule has 0 fully saturated rings. The Morgan fingerprint density at radius 1 is 0.944 bits per heavy atom. The fraction of sp³-hybridized carbons (Fsp3) is 0.812. The number of hydrogen-bond donors (Lipinski definition) is 0. The van der Waals surface area contributed by atoms with Crippen LogP contribution < -0.4 is 4.57 Å². The van der Waals surface area contributed by atoms with Crippen LogP contribution in [0, 0.1) is 0 Å². The lowest BCUT2D eigenvalue weighted by molar-refractivity contribution is -0.678. The molecule has 0 aliphatic rings. The maximum absolute atomic E-state index is 2.28. The topological polar surface area (TPSA) is 8.81 Å². The van der Waals surface area contributed by atoms with Crippen molar-refractivity contribution < 1.29 is 4.57 Å². The normalized spacial score (nSPS) is 11.1. The van der Waals surface area contributed by atoms with Crippen LogP contribution in [0.25, 0.3) is 0 Å². The second kappa shape index (κ2) is 9.18. The fourth-order valence-electron chi connectivity index (χ4n) is 2.57. The summed E-state index contributed by atoms with van der Waals surface area (Å²) >= 11 is 0. The predicted molar refractivity (Wildman–Crippen MR) is 77.5 cm³/mol. The first-order valence-electron chi connectivity index (χ1n) is 7.75. The van der Waals surface area contributed by atoms with E-state index in [1.807, 2.05) is 0 Å². The van der Waals surface area contributed by atoms with E-state index in [1.54, 1.807) is 0 Å². The van der Waals surface area contributed by atoms with Crippen molar-refractivity contribution in [1.82, 2.24) is 4.57 Å². The van der Waals surface area contributed by atoms with Crippen LogP contribution >= 0.6 is 0 Å². The van der Waals surface area contributed by atoms with Crippen LogP contribution in [0.3, 0.4) is 0 Å². The zero-order valence-corrected chi connectivity index (χ0v) is 12.6. The van der Waals surface area contributed by atoms with Crippen molar-refractivity contribution in [3.05, 3.63) is 18.2 Å². The first-order valence-corrected chi connectivity index (χ1v) is 7.75. The van der Waals surface area contributed by atoms with Crippen LogP contribution in [0.1, 0.15) is 70.5 Å². The summed E-state index contributed by atoms with van der Waals surface area (Å²) in [7, 11) is 4.28. The molecular formula is C16H31N2+. The molecule has 0 atom stereocenters. The third-order valence-corrected chi connectivity index (χ3v) is 3.83. The zero-order valence-electron chi connectivity index (χ0n) is 12.6. The lowest BCUT2D eigenvalue weighted by atomic mass is 10.1. The smallest absolute Gasteiger partial charge is 0.237 e. The molecule has 104 valence electrons. The van der Waals surface area contributed by atoms with E-state index in [4.69, 9.17) is 0 Å². The van der Waals surface area contributed by atoms with Crippen LogP contribution in [-0.4, -0.2) is 4.57 Å². The van der Waals surface area contributed by atoms with Crippen LogP contribution in [0.5, 0.6) is 0 Å². The highest BCUT2D eigenvalue weighted by molar-refractivity contribution is 4.81. The number of nitrogens with zero attached hydrogens (tertiary/aromatic N) is 2. The van der Waals surface area contributed by atoms with Gasteiger partial charge in [0, 0.05) is 6.42 Å². The molecule has 0 saturated carbocycles. The van der Waals surface area contributed by atoms with Crippen LogP contribution in [0.4, 0.5) is 0 Å². The van der Waals surface area contributed by atoms with Gasteiger partial charge in [-0.1, -0.05) is 58.3 Å². The quantitative estimate of drug-likeness (QED) is 0.440. The minimum atomic E-state index is 1.22. The molecule has 0 bridgehead atoms. The molecule has 18 heavy (non-hydrogen) atoms. The third-order valence-electron chi connectivity index (χ3n) is 3.83. The molecule has 1 heterocycles. The summed E-state index contributed by atoms with van der Waals surface area (Å²) in [5, 5.41) is 0. The van der Waals surface area contributed by atoms with Crippen LogP contribution in [-0.2, 0) is 20.5 Å². The van der Waals surface area contributed by atoms with Crippen LogP contribution in [0.2, 0.25) is 0 Å². The average molecular weight is 251 g/mol. The molecule has 0 radical (unpaired) electrons. The lowest BCUT2D eigenvalue weighted by Crippen LogP contribution is -2.31. The highest BCUT2D eigenvalue weighted by Gasteiger charge is 2.09. The average Bonchev–Trinajstić information content (AvgIpc) is 2.68. The van der Waals surface area contributed by atoms with E-state index in [9.17, 15) is 0 Å². The maximum Gasteiger partial charge on any atom is 0.255 e. The van der Waals surface area contributed by atoms with Crippen molar-refractivity contribution >= 4 is 0 Å². The van der Waals surface area contributed by atoms with E-state index in [0.29, 0.717) is 0 Å². The molecule has 0 amide bonds. The van der Waals surface area contributed by atoms with E-state index >= 15 is 0 Å². The molecular weight excluding hydrogens is 220 g/mol. The lowest BCUT2D eigenvalue weighted by Gasteiger charge is -2.01. The summed E-state index contributed by atoms with van der Waals surface area (Å²) in [6, 6.07) is 0. The Labute approximate surface area is 113 Å². The van der Waals surface area contributed by atoms with Crippen LogP contribution in [0.15, 0.2) is 12.4 Å². The van der Waals surface area contributed by atoms with Gasteiger partial charge in [0.05, 0.1) is 14.1 Å². The molecule has 2 heteroatoms. The van der Waals surface area contributed by atoms with Gasteiger partial charge in [0.25, 0.3) is 5.82 Å². The van der Waals surface area contributed by atoms with Crippen molar-refractivity contribution in [3.63, 3.8) is 0 Å². The molecule has 0 spiro atoms. The highest BCUT2D eigenvalue weighted by Crippen LogP contribution is 2.10. The minimum Gasteiger partial charge on any atom is -0.237 e. The molecule has 2 nitrogen and oxygen atoms in total. The minimum absolute atomic E-state index is 1.22. The van der Waals surface area contributed by atoms with Gasteiger partial charge in [-0.3, -0.25) is 0 Å². The van der Waals surface area contributed by atoms with Gasteiger partial charge in [0.1, 0.15) is 12.4 Å². The van der Waals surface area contributed by atoms with Gasteiger partial charge < -0.3 is 0 Å². The van der Waals surface area contributed by atoms with E-state index in [1.165, 1.54) is 70.0 Å². The highest BCUT2D eigenvalue weighted by atomic mass is 15.1. The molecule has 1 aromatic rings. The SMILES string of the molecule is CCCCCCCCCCCc1n(C)cc[n+]1C. The first kappa shape index (κ1) is 15.3. The Kier molecular flexibility index (Phi) is 7.79. The Hall–Kier alpha value is -0.790. The predicted octanol–water partition coefficient (Wildman–Crippen LogP) is 3.92. The van der Waals surface area contributed by atoms with Gasteiger partial charge in [0.2, 0.25) is 0 Å². The summed E-state index contributed by atoms with van der Waals surface area (Å²) in [6.07, 6.45) is 18.2. The van der Waals surface area contributed by atoms with Gasteiger partial charge in [-0.25, -0.2) is 9.13 Å². The van der Waals surface area contributed by atoms with Crippen molar-refractivity contribution in [2.24, 2.45) is 14.1 Å². The van der Waals surface area contributed by atoms with E-state index < -0.39 is 0 Å². The summed E-state index contributed by atoms with van der Waals surface area (Å²) < 4.78 is 4.48. The van der Waals surface area contributed by atoms with E-state index in [2.05, 4.69) is 42.5 Å². The monoisotopic (exact) mass is 251 g/mol. The standard InChI is InChI=1S/C16H31N2/c1-4-5-6-7-8-9-10-11-12-13-16-17(2)14-15-18(16)3/h14-15H,4-13H2,1-3H3/q+1. The van der Waals surface area contributed by atoms with E-state index in [0.717, 1.165) is 0 Å². The number of rotatable bonds is 10. The van der Waals surface area contributed by atoms with Crippen molar-refractivity contribution in [3.8, 4) is 0 Å². The Bertz CT molecular complexity index is 295. The molecule has 0 aliphatic carbocycles. The first-order chi connectivity index (χ1) is 8.75. The molecule has 1 aromatic heterocycles. The summed E-state index contributed by atoms with van der Waals surface area (Å²) in [6.45, 7) is 2.28. The van der Waals surface area contributed by atoms with Gasteiger partial charge in [0.15, 0.2) is 0 Å². The second-order valence-corrected chi connectivity index (χ2v) is 5.51. The number of aryl methyl sites for hydroxylation is 2. The Morgan fingerprint density at radius 3 is 2.00 bits per heavy atom. The van der Waals surface area contributed by atoms with Crippen molar-refractivity contribution in [2.75, 3.05) is 0 Å². The zero-order chi connectivity index (χ0) is 13.2. The largest absolute Gasteiger partial charge is 0.255 e. The molecule has 0 aromatic carbocycles. The van der Waals surface area contributed by atoms with Gasteiger partial charge in [-0.15, -0.1) is 0 Å². The summed E-state index contributed by atoms with van der Waals surface area (Å²) in [5.41, 5.74) is 0. The fourth-order valence-corrected chi connectivity index (χ4v) is 2.57. The van der Waals surface area contributed by atoms with Gasteiger partial charge >= 0.3 is 0 Å². The maximum atomic E-state index is 2.28. The third kappa shape index (κ3) is 5.70. The van der Waals surface area contributed by atoms with Gasteiger partial charge in [-0.05, 0) is 6.42 Å². The van der Waals surface area contributed by atoms with Gasteiger partial charge in [-0.2, -0.15) is 0 Å². The number of imidazole rings is 1. The Balaban J connectivity index is 1.96. The molecule has 0 saturated heterocycles. The molecule has 1 rings (SSSR count). The molecule has 0 N–H and O–H groups in total. The second-order valence-electron chi connectivity index (χ2n) is 5.51. The summed E-state index contributed by atoms with van der Waals surface area (Å²) in [5.74, 6) is 1.44. The summed E-state index contributed by atoms with van der Waals surface area (Å²) in [4.78, 5) is 0. The number of hydrogen-bond acceptors (Lipinski definition) is 0.